The number of methoxy groups -OCH3 is 1. The number of thiophene rings is 1. The Morgan fingerprint density at radius 2 is 2.04 bits per heavy atom. The van der Waals surface area contributed by atoms with E-state index in [-0.39, 0.29) is 5.56 Å². The zero-order valence-corrected chi connectivity index (χ0v) is 15.9. The van der Waals surface area contributed by atoms with Crippen molar-refractivity contribution in [2.45, 2.75) is 6.92 Å². The fourth-order valence-corrected chi connectivity index (χ4v) is 4.11. The van der Waals surface area contributed by atoms with Gasteiger partial charge in [-0.3, -0.25) is 4.79 Å². The van der Waals surface area contributed by atoms with Crippen molar-refractivity contribution in [2.75, 3.05) is 26.1 Å². The second kappa shape index (κ2) is 6.14. The van der Waals surface area contributed by atoms with Gasteiger partial charge in [0.2, 0.25) is 0 Å². The van der Waals surface area contributed by atoms with Crippen LogP contribution in [0.4, 0.5) is 5.82 Å². The molecule has 0 bridgehead atoms. The summed E-state index contributed by atoms with van der Waals surface area (Å²) in [5.74, 6) is 1.66. The van der Waals surface area contributed by atoms with E-state index in [2.05, 4.69) is 9.97 Å². The zero-order chi connectivity index (χ0) is 18.4. The highest BCUT2D eigenvalue weighted by Crippen LogP contribution is 2.41. The van der Waals surface area contributed by atoms with Crippen molar-refractivity contribution in [1.82, 2.24) is 9.97 Å². The lowest BCUT2D eigenvalue weighted by Gasteiger charge is -2.16. The molecule has 5 nitrogen and oxygen atoms in total. The van der Waals surface area contributed by atoms with Crippen LogP contribution in [0, 0.1) is 6.92 Å². The maximum atomic E-state index is 12.4. The molecule has 0 fully saturated rings. The van der Waals surface area contributed by atoms with E-state index in [1.54, 1.807) is 7.11 Å². The molecule has 0 saturated carbocycles. The van der Waals surface area contributed by atoms with Crippen LogP contribution >= 0.6 is 11.3 Å². The van der Waals surface area contributed by atoms with Crippen LogP contribution in [-0.2, 0) is 0 Å². The molecule has 0 aliphatic rings. The third kappa shape index (κ3) is 2.45. The Morgan fingerprint density at radius 3 is 2.69 bits per heavy atom. The lowest BCUT2D eigenvalue weighted by Crippen LogP contribution is -2.10. The second-order valence-corrected chi connectivity index (χ2v) is 7.35. The van der Waals surface area contributed by atoms with Gasteiger partial charge in [0.1, 0.15) is 16.3 Å². The van der Waals surface area contributed by atoms with E-state index in [9.17, 15) is 4.79 Å². The minimum absolute atomic E-state index is 0.0530. The Labute approximate surface area is 154 Å². The highest BCUT2D eigenvalue weighted by atomic mass is 32.1. The molecule has 3 heterocycles. The molecule has 0 unspecified atom stereocenters. The second-order valence-electron chi connectivity index (χ2n) is 6.44. The predicted octanol–water partition coefficient (Wildman–Crippen LogP) is 4.19. The molecule has 132 valence electrons. The third-order valence-corrected chi connectivity index (χ3v) is 5.50. The van der Waals surface area contributed by atoms with Gasteiger partial charge in [-0.1, -0.05) is 0 Å². The topological polar surface area (TPSA) is 58.2 Å². The van der Waals surface area contributed by atoms with Crippen molar-refractivity contribution in [2.24, 2.45) is 0 Å². The molecule has 4 aromatic rings. The van der Waals surface area contributed by atoms with Gasteiger partial charge in [-0.15, -0.1) is 11.3 Å². The Kier molecular flexibility index (Phi) is 3.92. The van der Waals surface area contributed by atoms with Gasteiger partial charge in [0.15, 0.2) is 0 Å². The lowest BCUT2D eigenvalue weighted by molar-refractivity contribution is 0.416. The monoisotopic (exact) mass is 365 g/mol. The maximum Gasteiger partial charge on any atom is 0.266 e. The fourth-order valence-electron chi connectivity index (χ4n) is 3.32. The van der Waals surface area contributed by atoms with Crippen LogP contribution in [-0.4, -0.2) is 31.2 Å². The molecule has 1 aromatic carbocycles. The smallest absolute Gasteiger partial charge is 0.266 e. The first-order valence-electron chi connectivity index (χ1n) is 8.25. The van der Waals surface area contributed by atoms with Crippen LogP contribution in [0.15, 0.2) is 40.6 Å². The quantitative estimate of drug-likeness (QED) is 0.591. The van der Waals surface area contributed by atoms with E-state index in [1.807, 2.05) is 61.8 Å². The molecule has 0 aliphatic heterocycles. The number of nitrogens with one attached hydrogen (secondary N) is 1. The van der Waals surface area contributed by atoms with Crippen LogP contribution in [0.1, 0.15) is 5.56 Å². The standard InChI is InChI=1S/C20H19N3O2S/c1-11-9-14(25-4)16(12-5-6-15(21-10-12)23(2)3)17-13-7-8-26-19(13)20(24)22-18(11)17/h5-10H,1-4H3,(H,22,24). The van der Waals surface area contributed by atoms with Crippen molar-refractivity contribution in [1.29, 1.82) is 0 Å². The van der Waals surface area contributed by atoms with E-state index in [0.717, 1.165) is 49.2 Å². The number of benzene rings is 1. The van der Waals surface area contributed by atoms with Gasteiger partial charge in [-0.05, 0) is 42.1 Å². The number of anilines is 1. The number of H-pyrrole nitrogens is 1. The maximum absolute atomic E-state index is 12.4. The Morgan fingerprint density at radius 1 is 1.23 bits per heavy atom. The highest BCUT2D eigenvalue weighted by Gasteiger charge is 2.18. The third-order valence-electron chi connectivity index (χ3n) is 4.58. The number of hydrogen-bond donors (Lipinski definition) is 1. The molecule has 4 rings (SSSR count). The first-order valence-corrected chi connectivity index (χ1v) is 9.13. The first-order chi connectivity index (χ1) is 12.5. The number of fused-ring (bicyclic) bond motifs is 3. The van der Waals surface area contributed by atoms with Gasteiger partial charge in [-0.25, -0.2) is 4.98 Å². The van der Waals surface area contributed by atoms with Gasteiger partial charge in [0.05, 0.1) is 12.6 Å². The number of pyridine rings is 2. The number of hydrogen-bond acceptors (Lipinski definition) is 5. The van der Waals surface area contributed by atoms with Gasteiger partial charge in [0, 0.05) is 42.2 Å². The van der Waals surface area contributed by atoms with Crippen LogP contribution in [0.2, 0.25) is 0 Å². The normalized spacial score (nSPS) is 11.2. The molecule has 0 amide bonds. The van der Waals surface area contributed by atoms with E-state index in [0.29, 0.717) is 0 Å². The van der Waals surface area contributed by atoms with Gasteiger partial charge >= 0.3 is 0 Å². The van der Waals surface area contributed by atoms with Crippen molar-refractivity contribution in [3.63, 3.8) is 0 Å². The number of ether oxygens (including phenoxy) is 1. The summed E-state index contributed by atoms with van der Waals surface area (Å²) in [6, 6.07) is 7.99. The molecule has 0 spiro atoms. The highest BCUT2D eigenvalue weighted by molar-refractivity contribution is 7.17. The predicted molar refractivity (Wildman–Crippen MR) is 109 cm³/mol. The first kappa shape index (κ1) is 16.6. The number of aromatic nitrogens is 2. The van der Waals surface area contributed by atoms with Gasteiger partial charge in [-0.2, -0.15) is 0 Å². The summed E-state index contributed by atoms with van der Waals surface area (Å²) in [7, 11) is 5.59. The summed E-state index contributed by atoms with van der Waals surface area (Å²) >= 11 is 1.45. The number of aromatic amines is 1. The van der Waals surface area contributed by atoms with Crippen molar-refractivity contribution >= 4 is 38.1 Å². The summed E-state index contributed by atoms with van der Waals surface area (Å²) < 4.78 is 6.42. The van der Waals surface area contributed by atoms with Crippen LogP contribution in [0.3, 0.4) is 0 Å². The average Bonchev–Trinajstić information content (AvgIpc) is 3.13. The Bertz CT molecular complexity index is 1170. The summed E-state index contributed by atoms with van der Waals surface area (Å²) in [6.45, 7) is 1.98. The number of rotatable bonds is 3. The number of nitrogens with zero attached hydrogens (tertiary/aromatic N) is 2. The molecule has 0 radical (unpaired) electrons. The summed E-state index contributed by atoms with van der Waals surface area (Å²) in [5.41, 5.74) is 3.67. The van der Waals surface area contributed by atoms with Crippen LogP contribution in [0.25, 0.3) is 32.1 Å². The summed E-state index contributed by atoms with van der Waals surface area (Å²) in [5, 5.41) is 3.89. The SMILES string of the molecule is COc1cc(C)c2[nH]c(=O)c3sccc3c2c1-c1ccc(N(C)C)nc1. The molecule has 0 saturated heterocycles. The fraction of sp³-hybridized carbons (Fsp3) is 0.200. The molecule has 0 atom stereocenters. The van der Waals surface area contributed by atoms with Crippen LogP contribution < -0.4 is 15.2 Å². The summed E-state index contributed by atoms with van der Waals surface area (Å²) in [6.07, 6.45) is 1.85. The van der Waals surface area contributed by atoms with Crippen LogP contribution in [0.5, 0.6) is 5.75 Å². The molecular weight excluding hydrogens is 346 g/mol. The van der Waals surface area contributed by atoms with E-state index in [1.165, 1.54) is 11.3 Å². The molecule has 1 N–H and O–H groups in total. The average molecular weight is 365 g/mol. The van der Waals surface area contributed by atoms with E-state index >= 15 is 0 Å². The summed E-state index contributed by atoms with van der Waals surface area (Å²) in [4.78, 5) is 22.0. The van der Waals surface area contributed by atoms with E-state index < -0.39 is 0 Å². The molecule has 3 aromatic heterocycles. The molecule has 0 aliphatic carbocycles. The lowest BCUT2D eigenvalue weighted by atomic mass is 9.96. The van der Waals surface area contributed by atoms with Crippen molar-refractivity contribution in [3.05, 3.63) is 51.8 Å². The molecule has 6 heteroatoms. The minimum atomic E-state index is -0.0530. The Balaban J connectivity index is 2.14. The van der Waals surface area contributed by atoms with Gasteiger partial charge < -0.3 is 14.6 Å². The minimum Gasteiger partial charge on any atom is -0.496 e. The Hall–Kier alpha value is -2.86. The zero-order valence-electron chi connectivity index (χ0n) is 15.1. The molecule has 26 heavy (non-hydrogen) atoms. The molecular formula is C20H19N3O2S. The van der Waals surface area contributed by atoms with E-state index in [4.69, 9.17) is 4.74 Å². The largest absolute Gasteiger partial charge is 0.496 e. The van der Waals surface area contributed by atoms with Crippen molar-refractivity contribution < 1.29 is 4.74 Å². The van der Waals surface area contributed by atoms with Crippen molar-refractivity contribution in [3.8, 4) is 16.9 Å². The number of aryl methyl sites for hydroxylation is 1. The van der Waals surface area contributed by atoms with Gasteiger partial charge in [0.25, 0.3) is 5.56 Å².